The summed E-state index contributed by atoms with van der Waals surface area (Å²) in [5, 5.41) is 3.58. The zero-order valence-corrected chi connectivity index (χ0v) is 14.5. The molecule has 0 atom stereocenters. The standard InChI is InChI=1S/C20H26N4/c1-15-14-19(23-20(21-15)22-17-10-3-2-4-11-17)24-13-7-9-16-8-5-6-12-18(16)24/h5-6,8,12,14,17H,2-4,7,9-11,13H2,1H3,(H,21,22,23). The number of aryl methyl sites for hydroxylation is 2. The first-order chi connectivity index (χ1) is 11.8. The average molecular weight is 322 g/mol. The van der Waals surface area contributed by atoms with Crippen LogP contribution in [0.25, 0.3) is 0 Å². The lowest BCUT2D eigenvalue weighted by molar-refractivity contribution is 0.460. The molecule has 0 amide bonds. The Hall–Kier alpha value is -2.10. The number of para-hydroxylation sites is 1. The van der Waals surface area contributed by atoms with Gasteiger partial charge in [0.15, 0.2) is 0 Å². The highest BCUT2D eigenvalue weighted by atomic mass is 15.2. The van der Waals surface area contributed by atoms with Crippen LogP contribution in [0, 0.1) is 6.92 Å². The fraction of sp³-hybridized carbons (Fsp3) is 0.500. The Balaban J connectivity index is 1.62. The molecular weight excluding hydrogens is 296 g/mol. The number of rotatable bonds is 3. The highest BCUT2D eigenvalue weighted by Gasteiger charge is 2.20. The maximum atomic E-state index is 4.85. The van der Waals surface area contributed by atoms with E-state index in [1.165, 1.54) is 49.8 Å². The van der Waals surface area contributed by atoms with Gasteiger partial charge in [0.05, 0.1) is 0 Å². The van der Waals surface area contributed by atoms with Gasteiger partial charge in [0, 0.05) is 30.0 Å². The van der Waals surface area contributed by atoms with E-state index in [0.717, 1.165) is 30.4 Å². The Morgan fingerprint density at radius 1 is 1.04 bits per heavy atom. The van der Waals surface area contributed by atoms with Gasteiger partial charge in [-0.3, -0.25) is 0 Å². The van der Waals surface area contributed by atoms with Crippen LogP contribution >= 0.6 is 0 Å². The van der Waals surface area contributed by atoms with E-state index in [1.54, 1.807) is 0 Å². The SMILES string of the molecule is Cc1cc(N2CCCc3ccccc32)nc(NC2CCCCC2)n1. The summed E-state index contributed by atoms with van der Waals surface area (Å²) in [7, 11) is 0. The second-order valence-electron chi connectivity index (χ2n) is 7.05. The van der Waals surface area contributed by atoms with Gasteiger partial charge >= 0.3 is 0 Å². The molecule has 126 valence electrons. The first-order valence-corrected chi connectivity index (χ1v) is 9.27. The van der Waals surface area contributed by atoms with Gasteiger partial charge in [-0.1, -0.05) is 37.5 Å². The minimum atomic E-state index is 0.530. The lowest BCUT2D eigenvalue weighted by atomic mass is 9.96. The van der Waals surface area contributed by atoms with Crippen molar-refractivity contribution in [2.24, 2.45) is 0 Å². The molecule has 0 bridgehead atoms. The van der Waals surface area contributed by atoms with E-state index in [1.807, 2.05) is 0 Å². The van der Waals surface area contributed by atoms with Crippen molar-refractivity contribution in [3.05, 3.63) is 41.6 Å². The summed E-state index contributed by atoms with van der Waals surface area (Å²) in [5.74, 6) is 1.81. The van der Waals surface area contributed by atoms with Crippen molar-refractivity contribution < 1.29 is 0 Å². The molecule has 1 aliphatic heterocycles. The average Bonchev–Trinajstić information content (AvgIpc) is 2.61. The van der Waals surface area contributed by atoms with Gasteiger partial charge < -0.3 is 10.2 Å². The number of benzene rings is 1. The van der Waals surface area contributed by atoms with Gasteiger partial charge in [0.2, 0.25) is 5.95 Å². The molecule has 4 rings (SSSR count). The highest BCUT2D eigenvalue weighted by Crippen LogP contribution is 2.33. The Kier molecular flexibility index (Phi) is 4.37. The number of hydrogen-bond acceptors (Lipinski definition) is 4. The van der Waals surface area contributed by atoms with Crippen LogP contribution in [-0.2, 0) is 6.42 Å². The van der Waals surface area contributed by atoms with Crippen molar-refractivity contribution in [2.45, 2.75) is 57.9 Å². The smallest absolute Gasteiger partial charge is 0.225 e. The van der Waals surface area contributed by atoms with Crippen LogP contribution < -0.4 is 10.2 Å². The third kappa shape index (κ3) is 3.23. The summed E-state index contributed by atoms with van der Waals surface area (Å²) >= 11 is 0. The summed E-state index contributed by atoms with van der Waals surface area (Å²) in [6.45, 7) is 3.09. The molecule has 0 radical (unpaired) electrons. The second kappa shape index (κ2) is 6.80. The molecule has 2 aliphatic rings. The maximum Gasteiger partial charge on any atom is 0.225 e. The third-order valence-electron chi connectivity index (χ3n) is 5.17. The van der Waals surface area contributed by atoms with E-state index in [9.17, 15) is 0 Å². The molecule has 2 aromatic rings. The van der Waals surface area contributed by atoms with Gasteiger partial charge in [-0.2, -0.15) is 4.98 Å². The molecule has 0 spiro atoms. The first-order valence-electron chi connectivity index (χ1n) is 9.27. The topological polar surface area (TPSA) is 41.1 Å². The lowest BCUT2D eigenvalue weighted by Gasteiger charge is -2.31. The summed E-state index contributed by atoms with van der Waals surface area (Å²) in [5.41, 5.74) is 3.74. The van der Waals surface area contributed by atoms with E-state index < -0.39 is 0 Å². The van der Waals surface area contributed by atoms with Crippen molar-refractivity contribution in [3.8, 4) is 0 Å². The second-order valence-corrected chi connectivity index (χ2v) is 7.05. The normalized spacial score (nSPS) is 18.3. The van der Waals surface area contributed by atoms with Crippen molar-refractivity contribution in [1.29, 1.82) is 0 Å². The molecule has 0 saturated heterocycles. The molecule has 1 saturated carbocycles. The molecule has 1 aliphatic carbocycles. The van der Waals surface area contributed by atoms with E-state index in [2.05, 4.69) is 52.5 Å². The molecule has 1 aromatic heterocycles. The largest absolute Gasteiger partial charge is 0.351 e. The number of fused-ring (bicyclic) bond motifs is 1. The molecular formula is C20H26N4. The maximum absolute atomic E-state index is 4.85. The predicted molar refractivity (Wildman–Crippen MR) is 99.0 cm³/mol. The van der Waals surface area contributed by atoms with Crippen LogP contribution in [0.1, 0.15) is 49.8 Å². The van der Waals surface area contributed by atoms with Crippen molar-refractivity contribution >= 4 is 17.5 Å². The predicted octanol–water partition coefficient (Wildman–Crippen LogP) is 4.61. The minimum absolute atomic E-state index is 0.530. The summed E-state index contributed by atoms with van der Waals surface area (Å²) < 4.78 is 0. The zero-order valence-electron chi connectivity index (χ0n) is 14.5. The molecule has 0 unspecified atom stereocenters. The van der Waals surface area contributed by atoms with E-state index in [-0.39, 0.29) is 0 Å². The Morgan fingerprint density at radius 2 is 1.88 bits per heavy atom. The molecule has 1 N–H and O–H groups in total. The van der Waals surface area contributed by atoms with E-state index in [4.69, 9.17) is 4.98 Å². The van der Waals surface area contributed by atoms with Crippen molar-refractivity contribution in [1.82, 2.24) is 9.97 Å². The van der Waals surface area contributed by atoms with E-state index >= 15 is 0 Å². The Labute approximate surface area is 144 Å². The molecule has 2 heterocycles. The zero-order chi connectivity index (χ0) is 16.4. The van der Waals surface area contributed by atoms with Crippen LogP contribution in [0.15, 0.2) is 30.3 Å². The van der Waals surface area contributed by atoms with Gasteiger partial charge in [-0.05, 0) is 44.2 Å². The molecule has 1 aromatic carbocycles. The number of anilines is 3. The fourth-order valence-corrected chi connectivity index (χ4v) is 3.96. The van der Waals surface area contributed by atoms with Gasteiger partial charge in [-0.25, -0.2) is 4.98 Å². The van der Waals surface area contributed by atoms with Gasteiger partial charge in [0.1, 0.15) is 5.82 Å². The molecule has 4 heteroatoms. The fourth-order valence-electron chi connectivity index (χ4n) is 3.96. The minimum Gasteiger partial charge on any atom is -0.351 e. The Bertz CT molecular complexity index is 707. The number of nitrogens with one attached hydrogen (secondary N) is 1. The summed E-state index contributed by atoms with van der Waals surface area (Å²) in [4.78, 5) is 11.8. The van der Waals surface area contributed by atoms with Crippen LogP contribution in [-0.4, -0.2) is 22.6 Å². The summed E-state index contributed by atoms with van der Waals surface area (Å²) in [6, 6.07) is 11.3. The lowest BCUT2D eigenvalue weighted by Crippen LogP contribution is -2.27. The van der Waals surface area contributed by atoms with Gasteiger partial charge in [0.25, 0.3) is 0 Å². The quantitative estimate of drug-likeness (QED) is 0.895. The van der Waals surface area contributed by atoms with Crippen LogP contribution in [0.3, 0.4) is 0 Å². The number of nitrogens with zero attached hydrogens (tertiary/aromatic N) is 3. The molecule has 1 fully saturated rings. The number of hydrogen-bond donors (Lipinski definition) is 1. The number of aromatic nitrogens is 2. The molecule has 4 nitrogen and oxygen atoms in total. The van der Waals surface area contributed by atoms with Gasteiger partial charge in [-0.15, -0.1) is 0 Å². The summed E-state index contributed by atoms with van der Waals surface area (Å²) in [6.07, 6.45) is 8.79. The first kappa shape index (κ1) is 15.4. The monoisotopic (exact) mass is 322 g/mol. The molecule has 24 heavy (non-hydrogen) atoms. The van der Waals surface area contributed by atoms with Crippen LogP contribution in [0.2, 0.25) is 0 Å². The van der Waals surface area contributed by atoms with E-state index in [0.29, 0.717) is 6.04 Å². The third-order valence-corrected chi connectivity index (χ3v) is 5.17. The highest BCUT2D eigenvalue weighted by molar-refractivity contribution is 5.66. The van der Waals surface area contributed by atoms with Crippen molar-refractivity contribution in [2.75, 3.05) is 16.8 Å². The Morgan fingerprint density at radius 3 is 2.75 bits per heavy atom. The van der Waals surface area contributed by atoms with Crippen molar-refractivity contribution in [3.63, 3.8) is 0 Å². The van der Waals surface area contributed by atoms with Crippen LogP contribution in [0.4, 0.5) is 17.5 Å². The van der Waals surface area contributed by atoms with Crippen LogP contribution in [0.5, 0.6) is 0 Å².